The molecule has 1 aliphatic heterocycles. The van der Waals surface area contributed by atoms with E-state index in [0.717, 1.165) is 12.2 Å². The maximum Gasteiger partial charge on any atom is 0.336 e. The topological polar surface area (TPSA) is 73.7 Å². The predicted molar refractivity (Wildman–Crippen MR) is 76.2 cm³/mol. The number of benzene rings is 1. The van der Waals surface area contributed by atoms with E-state index in [4.69, 9.17) is 0 Å². The number of rotatable bonds is 2. The lowest BCUT2D eigenvalue weighted by atomic mass is 10.1. The molecule has 1 fully saturated rings. The van der Waals surface area contributed by atoms with Gasteiger partial charge < -0.3 is 15.1 Å². The van der Waals surface area contributed by atoms with Crippen LogP contribution in [0.15, 0.2) is 30.5 Å². The summed E-state index contributed by atoms with van der Waals surface area (Å²) in [5.41, 5.74) is 1.16. The van der Waals surface area contributed by atoms with Crippen molar-refractivity contribution in [3.05, 3.63) is 36.0 Å². The van der Waals surface area contributed by atoms with Crippen molar-refractivity contribution in [2.45, 2.75) is 18.9 Å². The van der Waals surface area contributed by atoms with Gasteiger partial charge in [-0.2, -0.15) is 0 Å². The maximum atomic E-state index is 11.3. The summed E-state index contributed by atoms with van der Waals surface area (Å²) in [6.07, 6.45) is 2.22. The second-order valence-corrected chi connectivity index (χ2v) is 5.53. The van der Waals surface area contributed by atoms with Crippen molar-refractivity contribution in [1.29, 1.82) is 0 Å². The molecule has 3 rings (SSSR count). The average molecular weight is 272 g/mol. The van der Waals surface area contributed by atoms with Crippen LogP contribution in [0.1, 0.15) is 23.7 Å². The quantitative estimate of drug-likeness (QED) is 0.873. The highest BCUT2D eigenvalue weighted by molar-refractivity contribution is 6.03. The van der Waals surface area contributed by atoms with Gasteiger partial charge in [-0.1, -0.05) is 0 Å². The van der Waals surface area contributed by atoms with Gasteiger partial charge >= 0.3 is 5.97 Å². The number of nitrogens with zero attached hydrogens (tertiary/aromatic N) is 2. The lowest BCUT2D eigenvalue weighted by molar-refractivity contribution is 0.0698. The van der Waals surface area contributed by atoms with Crippen molar-refractivity contribution in [1.82, 2.24) is 4.98 Å². The van der Waals surface area contributed by atoms with Gasteiger partial charge in [0.25, 0.3) is 0 Å². The van der Waals surface area contributed by atoms with Gasteiger partial charge in [-0.25, -0.2) is 4.79 Å². The average Bonchev–Trinajstić information content (AvgIpc) is 2.77. The minimum atomic E-state index is -0.956. The van der Waals surface area contributed by atoms with Gasteiger partial charge in [-0.05, 0) is 37.6 Å². The number of β-amino-alcohol motifs (C(OH)–C–C–N with tert-alkyl or cyclic N) is 1. The van der Waals surface area contributed by atoms with Crippen LogP contribution in [0, 0.1) is 0 Å². The SMILES string of the molecule is CC1(O)CCN(c2ccc3nccc(C(=O)O)c3c2)C1. The number of aliphatic hydroxyl groups is 1. The van der Waals surface area contributed by atoms with Gasteiger partial charge in [0.05, 0.1) is 16.7 Å². The van der Waals surface area contributed by atoms with Gasteiger partial charge in [-0.3, -0.25) is 4.98 Å². The number of carboxylic acids is 1. The van der Waals surface area contributed by atoms with Crippen LogP contribution in [-0.2, 0) is 0 Å². The van der Waals surface area contributed by atoms with Crippen molar-refractivity contribution in [2.24, 2.45) is 0 Å². The van der Waals surface area contributed by atoms with Crippen LogP contribution >= 0.6 is 0 Å². The fourth-order valence-corrected chi connectivity index (χ4v) is 2.68. The summed E-state index contributed by atoms with van der Waals surface area (Å²) in [7, 11) is 0. The number of anilines is 1. The van der Waals surface area contributed by atoms with E-state index in [1.165, 1.54) is 12.3 Å². The molecule has 1 unspecified atom stereocenters. The van der Waals surface area contributed by atoms with Crippen molar-refractivity contribution in [3.63, 3.8) is 0 Å². The third-order valence-corrected chi connectivity index (χ3v) is 3.77. The summed E-state index contributed by atoms with van der Waals surface area (Å²) in [6.45, 7) is 3.14. The standard InChI is InChI=1S/C15H16N2O3/c1-15(20)5-7-17(9-15)10-2-3-13-12(8-10)11(14(18)19)4-6-16-13/h2-4,6,8,20H,5,7,9H2,1H3,(H,18,19). The number of hydrogen-bond donors (Lipinski definition) is 2. The van der Waals surface area contributed by atoms with Crippen LogP contribution in [0.25, 0.3) is 10.9 Å². The van der Waals surface area contributed by atoms with Crippen LogP contribution in [0.3, 0.4) is 0 Å². The third-order valence-electron chi connectivity index (χ3n) is 3.77. The number of aromatic carboxylic acids is 1. The van der Waals surface area contributed by atoms with E-state index in [9.17, 15) is 15.0 Å². The Morgan fingerprint density at radius 2 is 2.20 bits per heavy atom. The number of carbonyl (C=O) groups is 1. The summed E-state index contributed by atoms with van der Waals surface area (Å²) in [6, 6.07) is 7.09. The third kappa shape index (κ3) is 2.20. The van der Waals surface area contributed by atoms with E-state index in [1.807, 2.05) is 25.1 Å². The zero-order valence-corrected chi connectivity index (χ0v) is 11.2. The molecule has 0 radical (unpaired) electrons. The zero-order chi connectivity index (χ0) is 14.3. The molecule has 2 aromatic rings. The van der Waals surface area contributed by atoms with Gasteiger partial charge in [0.1, 0.15) is 0 Å². The fourth-order valence-electron chi connectivity index (χ4n) is 2.68. The molecule has 2 heterocycles. The lowest BCUT2D eigenvalue weighted by Gasteiger charge is -2.21. The van der Waals surface area contributed by atoms with Gasteiger partial charge in [-0.15, -0.1) is 0 Å². The molecular formula is C15H16N2O3. The number of pyridine rings is 1. The molecule has 104 valence electrons. The first-order chi connectivity index (χ1) is 9.46. The second kappa shape index (κ2) is 4.45. The van der Waals surface area contributed by atoms with Crippen LogP contribution in [0.5, 0.6) is 0 Å². The molecule has 1 saturated heterocycles. The molecule has 0 saturated carbocycles. The van der Waals surface area contributed by atoms with Gasteiger partial charge in [0.2, 0.25) is 0 Å². The largest absolute Gasteiger partial charge is 0.478 e. The van der Waals surface area contributed by atoms with E-state index in [1.54, 1.807) is 0 Å². The van der Waals surface area contributed by atoms with E-state index in [2.05, 4.69) is 9.88 Å². The molecule has 1 aromatic carbocycles. The molecule has 0 bridgehead atoms. The fraction of sp³-hybridized carbons (Fsp3) is 0.333. The highest BCUT2D eigenvalue weighted by Gasteiger charge is 2.31. The summed E-state index contributed by atoms with van der Waals surface area (Å²) < 4.78 is 0. The lowest BCUT2D eigenvalue weighted by Crippen LogP contribution is -2.29. The van der Waals surface area contributed by atoms with Gasteiger partial charge in [0.15, 0.2) is 0 Å². The van der Waals surface area contributed by atoms with E-state index < -0.39 is 11.6 Å². The van der Waals surface area contributed by atoms with Gasteiger partial charge in [0, 0.05) is 30.4 Å². The van der Waals surface area contributed by atoms with Crippen molar-refractivity contribution >= 4 is 22.6 Å². The molecular weight excluding hydrogens is 256 g/mol. The van der Waals surface area contributed by atoms with E-state index >= 15 is 0 Å². The Morgan fingerprint density at radius 1 is 1.40 bits per heavy atom. The first-order valence-corrected chi connectivity index (χ1v) is 6.56. The van der Waals surface area contributed by atoms with Crippen LogP contribution in [0.2, 0.25) is 0 Å². The molecule has 1 aromatic heterocycles. The highest BCUT2D eigenvalue weighted by Crippen LogP contribution is 2.29. The van der Waals surface area contributed by atoms with E-state index in [-0.39, 0.29) is 5.56 Å². The minimum Gasteiger partial charge on any atom is -0.478 e. The van der Waals surface area contributed by atoms with Crippen molar-refractivity contribution in [3.8, 4) is 0 Å². The molecule has 0 spiro atoms. The monoisotopic (exact) mass is 272 g/mol. The molecule has 5 heteroatoms. The molecule has 1 aliphatic rings. The first kappa shape index (κ1) is 12.9. The Hall–Kier alpha value is -2.14. The predicted octanol–water partition coefficient (Wildman–Crippen LogP) is 1.89. The molecule has 2 N–H and O–H groups in total. The normalized spacial score (nSPS) is 22.4. The highest BCUT2D eigenvalue weighted by atomic mass is 16.4. The molecule has 0 amide bonds. The van der Waals surface area contributed by atoms with E-state index in [0.29, 0.717) is 23.9 Å². The summed E-state index contributed by atoms with van der Waals surface area (Å²) in [5, 5.41) is 19.9. The summed E-state index contributed by atoms with van der Waals surface area (Å²) >= 11 is 0. The Bertz CT molecular complexity index is 682. The summed E-state index contributed by atoms with van der Waals surface area (Å²) in [4.78, 5) is 17.5. The number of fused-ring (bicyclic) bond motifs is 1. The Kier molecular flexibility index (Phi) is 2.87. The number of carboxylic acid groups (broad SMARTS) is 1. The Morgan fingerprint density at radius 3 is 2.85 bits per heavy atom. The zero-order valence-electron chi connectivity index (χ0n) is 11.2. The van der Waals surface area contributed by atoms with Crippen molar-refractivity contribution < 1.29 is 15.0 Å². The second-order valence-electron chi connectivity index (χ2n) is 5.53. The summed E-state index contributed by atoms with van der Waals surface area (Å²) in [5.74, 6) is -0.956. The minimum absolute atomic E-state index is 0.253. The Balaban J connectivity index is 2.06. The smallest absolute Gasteiger partial charge is 0.336 e. The number of aromatic nitrogens is 1. The molecule has 5 nitrogen and oxygen atoms in total. The van der Waals surface area contributed by atoms with Crippen LogP contribution in [0.4, 0.5) is 5.69 Å². The van der Waals surface area contributed by atoms with Crippen molar-refractivity contribution in [2.75, 3.05) is 18.0 Å². The maximum absolute atomic E-state index is 11.3. The molecule has 1 atom stereocenters. The van der Waals surface area contributed by atoms with Crippen LogP contribution in [-0.4, -0.2) is 39.9 Å². The first-order valence-electron chi connectivity index (χ1n) is 6.56. The Labute approximate surface area is 116 Å². The number of hydrogen-bond acceptors (Lipinski definition) is 4. The molecule has 0 aliphatic carbocycles. The van der Waals surface area contributed by atoms with Crippen LogP contribution < -0.4 is 4.90 Å². The molecule has 20 heavy (non-hydrogen) atoms.